The molecule has 0 saturated heterocycles. The van der Waals surface area contributed by atoms with Gasteiger partial charge in [0.1, 0.15) is 12.1 Å². The Kier molecular flexibility index (Phi) is 7.46. The Morgan fingerprint density at radius 1 is 1.37 bits per heavy atom. The molecule has 0 unspecified atom stereocenters. The third kappa shape index (κ3) is 7.21. The third-order valence-electron chi connectivity index (χ3n) is 2.38. The van der Waals surface area contributed by atoms with Crippen molar-refractivity contribution in [2.24, 2.45) is 22.2 Å². The van der Waals surface area contributed by atoms with Crippen LogP contribution in [0.25, 0.3) is 0 Å². The van der Waals surface area contributed by atoms with Crippen molar-refractivity contribution < 1.29 is 19.8 Å². The molecule has 0 bridgehead atoms. The minimum absolute atomic E-state index is 0.0768. The van der Waals surface area contributed by atoms with Crippen molar-refractivity contribution in [2.45, 2.75) is 38.0 Å². The Bertz CT molecular complexity index is 341. The van der Waals surface area contributed by atoms with E-state index >= 15 is 0 Å². The molecule has 0 aliphatic heterocycles. The number of guanidine groups is 1. The molecule has 0 radical (unpaired) electrons. The molecular weight excluding hydrogens is 254 g/mol. The number of nitrogens with zero attached hydrogens (tertiary/aromatic N) is 1. The number of carboxylic acid groups (broad SMARTS) is 1. The molecule has 0 saturated carbocycles. The molecule has 0 aliphatic carbocycles. The molecular formula is C10H21N5O4. The predicted octanol–water partition coefficient (Wildman–Crippen LogP) is -2.68. The van der Waals surface area contributed by atoms with Gasteiger partial charge in [0.2, 0.25) is 5.91 Å². The summed E-state index contributed by atoms with van der Waals surface area (Å²) in [5.41, 5.74) is 15.6. The van der Waals surface area contributed by atoms with E-state index in [2.05, 4.69) is 10.3 Å². The van der Waals surface area contributed by atoms with Gasteiger partial charge in [0.05, 0.1) is 6.10 Å². The number of aliphatic carboxylic acids is 1. The normalized spacial score (nSPS) is 15.1. The van der Waals surface area contributed by atoms with Crippen LogP contribution in [0.4, 0.5) is 0 Å². The Morgan fingerprint density at radius 2 is 1.95 bits per heavy atom. The lowest BCUT2D eigenvalue weighted by Crippen LogP contribution is -2.52. The number of amides is 1. The first-order valence-corrected chi connectivity index (χ1v) is 5.78. The number of rotatable bonds is 8. The van der Waals surface area contributed by atoms with Gasteiger partial charge in [0.15, 0.2) is 5.96 Å². The topological polar surface area (TPSA) is 177 Å². The Morgan fingerprint density at radius 3 is 2.37 bits per heavy atom. The summed E-state index contributed by atoms with van der Waals surface area (Å²) in [5.74, 6) is -1.98. The molecule has 0 spiro atoms. The van der Waals surface area contributed by atoms with Crippen LogP contribution in [-0.4, -0.2) is 52.8 Å². The Balaban J connectivity index is 4.31. The van der Waals surface area contributed by atoms with Gasteiger partial charge >= 0.3 is 5.97 Å². The SMILES string of the molecule is C[C@@H](O)[C@H](N)C(=O)N[C@@H](CCCN=C(N)N)C(=O)O. The van der Waals surface area contributed by atoms with Gasteiger partial charge in [-0.2, -0.15) is 0 Å². The van der Waals surface area contributed by atoms with Crippen LogP contribution in [0.1, 0.15) is 19.8 Å². The molecule has 9 N–H and O–H groups in total. The molecule has 1 amide bonds. The molecule has 0 fully saturated rings. The van der Waals surface area contributed by atoms with Gasteiger partial charge in [0, 0.05) is 6.54 Å². The zero-order chi connectivity index (χ0) is 15.0. The number of carbonyl (C=O) groups excluding carboxylic acids is 1. The number of carbonyl (C=O) groups is 2. The highest BCUT2D eigenvalue weighted by Gasteiger charge is 2.25. The van der Waals surface area contributed by atoms with Crippen LogP contribution in [-0.2, 0) is 9.59 Å². The summed E-state index contributed by atoms with van der Waals surface area (Å²) in [5, 5.41) is 20.3. The van der Waals surface area contributed by atoms with Crippen LogP contribution in [0.15, 0.2) is 4.99 Å². The van der Waals surface area contributed by atoms with Crippen LogP contribution in [0.2, 0.25) is 0 Å². The first-order chi connectivity index (χ1) is 8.75. The van der Waals surface area contributed by atoms with Crippen molar-refractivity contribution in [1.29, 1.82) is 0 Å². The second-order valence-electron chi connectivity index (χ2n) is 4.11. The van der Waals surface area contributed by atoms with Crippen LogP contribution in [0.5, 0.6) is 0 Å². The van der Waals surface area contributed by atoms with Crippen molar-refractivity contribution in [1.82, 2.24) is 5.32 Å². The van der Waals surface area contributed by atoms with E-state index in [4.69, 9.17) is 27.4 Å². The van der Waals surface area contributed by atoms with Crippen molar-refractivity contribution in [3.63, 3.8) is 0 Å². The maximum absolute atomic E-state index is 11.5. The van der Waals surface area contributed by atoms with Gasteiger partial charge < -0.3 is 32.7 Å². The molecule has 9 heteroatoms. The van der Waals surface area contributed by atoms with E-state index in [0.29, 0.717) is 6.42 Å². The predicted molar refractivity (Wildman–Crippen MR) is 69.1 cm³/mol. The van der Waals surface area contributed by atoms with Gasteiger partial charge in [-0.3, -0.25) is 9.79 Å². The fourth-order valence-electron chi connectivity index (χ4n) is 1.25. The first-order valence-electron chi connectivity index (χ1n) is 5.78. The monoisotopic (exact) mass is 275 g/mol. The van der Waals surface area contributed by atoms with Gasteiger partial charge in [-0.05, 0) is 19.8 Å². The highest BCUT2D eigenvalue weighted by molar-refractivity contribution is 5.87. The molecule has 19 heavy (non-hydrogen) atoms. The maximum atomic E-state index is 11.5. The van der Waals surface area contributed by atoms with Gasteiger partial charge in [-0.25, -0.2) is 4.79 Å². The molecule has 0 rings (SSSR count). The summed E-state index contributed by atoms with van der Waals surface area (Å²) < 4.78 is 0. The first kappa shape index (κ1) is 17.1. The van der Waals surface area contributed by atoms with Crippen molar-refractivity contribution in [3.05, 3.63) is 0 Å². The number of aliphatic imine (C=N–C) groups is 1. The number of nitrogens with two attached hydrogens (primary N) is 3. The Hall–Kier alpha value is -1.87. The molecule has 0 heterocycles. The van der Waals surface area contributed by atoms with E-state index in [9.17, 15) is 9.59 Å². The molecule has 110 valence electrons. The second kappa shape index (κ2) is 8.27. The lowest BCUT2D eigenvalue weighted by molar-refractivity contribution is -0.142. The average Bonchev–Trinajstić information content (AvgIpc) is 2.30. The largest absolute Gasteiger partial charge is 0.480 e. The number of nitrogens with one attached hydrogen (secondary N) is 1. The molecule has 3 atom stereocenters. The number of aliphatic hydroxyl groups is 1. The Labute approximate surface area is 110 Å². The minimum atomic E-state index is -1.18. The fraction of sp³-hybridized carbons (Fsp3) is 0.700. The van der Waals surface area contributed by atoms with E-state index < -0.39 is 30.1 Å². The lowest BCUT2D eigenvalue weighted by atomic mass is 10.1. The molecule has 0 aromatic rings. The zero-order valence-corrected chi connectivity index (χ0v) is 10.7. The van der Waals surface area contributed by atoms with Crippen LogP contribution >= 0.6 is 0 Å². The highest BCUT2D eigenvalue weighted by Crippen LogP contribution is 2.00. The van der Waals surface area contributed by atoms with Crippen molar-refractivity contribution in [3.8, 4) is 0 Å². The average molecular weight is 275 g/mol. The van der Waals surface area contributed by atoms with E-state index in [-0.39, 0.29) is 18.9 Å². The van der Waals surface area contributed by atoms with Crippen LogP contribution in [0.3, 0.4) is 0 Å². The summed E-state index contributed by atoms with van der Waals surface area (Å²) in [6, 6.07) is -2.26. The molecule has 0 aromatic heterocycles. The smallest absolute Gasteiger partial charge is 0.326 e. The van der Waals surface area contributed by atoms with E-state index in [1.165, 1.54) is 6.92 Å². The molecule has 0 aliphatic rings. The summed E-state index contributed by atoms with van der Waals surface area (Å²) in [4.78, 5) is 26.2. The van der Waals surface area contributed by atoms with Crippen molar-refractivity contribution >= 4 is 17.8 Å². The highest BCUT2D eigenvalue weighted by atomic mass is 16.4. The standard InChI is InChI=1S/C10H21N5O4/c1-5(16)7(11)8(17)15-6(9(18)19)3-2-4-14-10(12)13/h5-7,16H,2-4,11H2,1H3,(H,15,17)(H,18,19)(H4,12,13,14)/t5-,6+,7+/m1/s1. The summed E-state index contributed by atoms with van der Waals surface area (Å²) in [7, 11) is 0. The lowest BCUT2D eigenvalue weighted by Gasteiger charge is -2.19. The van der Waals surface area contributed by atoms with Crippen LogP contribution < -0.4 is 22.5 Å². The van der Waals surface area contributed by atoms with E-state index in [0.717, 1.165) is 0 Å². The van der Waals surface area contributed by atoms with E-state index in [1.807, 2.05) is 0 Å². The number of carboxylic acids is 1. The third-order valence-corrected chi connectivity index (χ3v) is 2.38. The fourth-order valence-corrected chi connectivity index (χ4v) is 1.25. The maximum Gasteiger partial charge on any atom is 0.326 e. The van der Waals surface area contributed by atoms with E-state index in [1.54, 1.807) is 0 Å². The number of hydrogen-bond acceptors (Lipinski definition) is 5. The van der Waals surface area contributed by atoms with Gasteiger partial charge in [0.25, 0.3) is 0 Å². The number of aliphatic hydroxyl groups excluding tert-OH is 1. The van der Waals surface area contributed by atoms with Crippen molar-refractivity contribution in [2.75, 3.05) is 6.54 Å². The zero-order valence-electron chi connectivity index (χ0n) is 10.7. The van der Waals surface area contributed by atoms with Gasteiger partial charge in [-0.1, -0.05) is 0 Å². The van der Waals surface area contributed by atoms with Crippen LogP contribution in [0, 0.1) is 0 Å². The minimum Gasteiger partial charge on any atom is -0.480 e. The molecule has 0 aromatic carbocycles. The summed E-state index contributed by atoms with van der Waals surface area (Å²) in [6.45, 7) is 1.61. The quantitative estimate of drug-likeness (QED) is 0.159. The summed E-state index contributed by atoms with van der Waals surface area (Å²) >= 11 is 0. The molecule has 9 nitrogen and oxygen atoms in total. The second-order valence-corrected chi connectivity index (χ2v) is 4.11. The summed E-state index contributed by atoms with van der Waals surface area (Å²) in [6.07, 6.45) is -0.514. The van der Waals surface area contributed by atoms with Gasteiger partial charge in [-0.15, -0.1) is 0 Å². The number of hydrogen-bond donors (Lipinski definition) is 6.